The summed E-state index contributed by atoms with van der Waals surface area (Å²) in [6.45, 7) is 5.02. The van der Waals surface area contributed by atoms with Gasteiger partial charge in [0.15, 0.2) is 0 Å². The summed E-state index contributed by atoms with van der Waals surface area (Å²) in [7, 11) is 0. The molecule has 0 spiro atoms. The van der Waals surface area contributed by atoms with Gasteiger partial charge in [-0.25, -0.2) is 9.97 Å². The van der Waals surface area contributed by atoms with Crippen molar-refractivity contribution in [1.29, 1.82) is 0 Å². The van der Waals surface area contributed by atoms with E-state index < -0.39 is 12.7 Å². The van der Waals surface area contributed by atoms with E-state index in [1.54, 1.807) is 0 Å². The number of likely N-dealkylation sites (tertiary alicyclic amines) is 1. The maximum absolute atomic E-state index is 12.4. The molecule has 1 saturated heterocycles. The Balaban J connectivity index is 1.71. The monoisotopic (exact) mass is 330 g/mol. The Morgan fingerprint density at radius 3 is 2.57 bits per heavy atom. The molecule has 0 atom stereocenters. The fourth-order valence-corrected chi connectivity index (χ4v) is 2.99. The van der Waals surface area contributed by atoms with Gasteiger partial charge in [0.2, 0.25) is 0 Å². The van der Waals surface area contributed by atoms with Crippen LogP contribution < -0.4 is 5.32 Å². The minimum absolute atomic E-state index is 0.487. The minimum Gasteiger partial charge on any atom is -0.370 e. The summed E-state index contributed by atoms with van der Waals surface area (Å²) in [6, 6.07) is 1.96. The van der Waals surface area contributed by atoms with Gasteiger partial charge >= 0.3 is 6.18 Å². The standard InChI is InChI=1S/C16H25F3N4/c1-3-14-10-15(22-12(2)21-14)20-7-4-13-5-8-23(9-6-13)11-16(17,18)19/h10,13H,3-9,11H2,1-2H3,(H,20,21,22). The fourth-order valence-electron chi connectivity index (χ4n) is 2.99. The maximum Gasteiger partial charge on any atom is 0.401 e. The number of hydrogen-bond acceptors (Lipinski definition) is 4. The maximum atomic E-state index is 12.4. The van der Waals surface area contributed by atoms with E-state index in [1.807, 2.05) is 13.0 Å². The molecule has 0 aromatic carbocycles. The van der Waals surface area contributed by atoms with E-state index in [4.69, 9.17) is 0 Å². The predicted octanol–water partition coefficient (Wildman–Crippen LogP) is 3.42. The molecule has 1 aromatic heterocycles. The van der Waals surface area contributed by atoms with E-state index in [0.29, 0.717) is 19.0 Å². The SMILES string of the molecule is CCc1cc(NCCC2CCN(CC(F)(F)F)CC2)nc(C)n1. The molecular formula is C16H25F3N4. The van der Waals surface area contributed by atoms with Gasteiger partial charge in [0.05, 0.1) is 6.54 Å². The lowest BCUT2D eigenvalue weighted by Gasteiger charge is -2.32. The number of halogens is 3. The van der Waals surface area contributed by atoms with Crippen molar-refractivity contribution < 1.29 is 13.2 Å². The van der Waals surface area contributed by atoms with Crippen molar-refractivity contribution >= 4 is 5.82 Å². The summed E-state index contributed by atoms with van der Waals surface area (Å²) in [5.74, 6) is 2.08. The molecule has 0 saturated carbocycles. The lowest BCUT2D eigenvalue weighted by molar-refractivity contribution is -0.148. The quantitative estimate of drug-likeness (QED) is 0.868. The summed E-state index contributed by atoms with van der Waals surface area (Å²) in [5.41, 5.74) is 1.01. The van der Waals surface area contributed by atoms with Crippen LogP contribution in [0.1, 0.15) is 37.7 Å². The zero-order valence-corrected chi connectivity index (χ0v) is 13.8. The van der Waals surface area contributed by atoms with Gasteiger partial charge in [-0.15, -0.1) is 0 Å². The molecule has 7 heteroatoms. The zero-order valence-electron chi connectivity index (χ0n) is 13.8. The van der Waals surface area contributed by atoms with E-state index in [-0.39, 0.29) is 0 Å². The highest BCUT2D eigenvalue weighted by Crippen LogP contribution is 2.24. The number of alkyl halides is 3. The molecule has 1 N–H and O–H groups in total. The largest absolute Gasteiger partial charge is 0.401 e. The average molecular weight is 330 g/mol. The van der Waals surface area contributed by atoms with Gasteiger partial charge in [0.1, 0.15) is 11.6 Å². The Kier molecular flexibility index (Phi) is 6.21. The minimum atomic E-state index is -4.09. The third-order valence-electron chi connectivity index (χ3n) is 4.22. The van der Waals surface area contributed by atoms with Crippen molar-refractivity contribution in [2.45, 2.75) is 45.7 Å². The highest BCUT2D eigenvalue weighted by molar-refractivity contribution is 5.35. The van der Waals surface area contributed by atoms with Crippen LogP contribution in [-0.4, -0.2) is 47.2 Å². The molecule has 1 aromatic rings. The number of nitrogens with zero attached hydrogens (tertiary/aromatic N) is 3. The first-order valence-corrected chi connectivity index (χ1v) is 8.23. The second-order valence-electron chi connectivity index (χ2n) is 6.20. The van der Waals surface area contributed by atoms with Crippen molar-refractivity contribution in [1.82, 2.24) is 14.9 Å². The van der Waals surface area contributed by atoms with Crippen LogP contribution in [0.2, 0.25) is 0 Å². The Morgan fingerprint density at radius 2 is 1.96 bits per heavy atom. The van der Waals surface area contributed by atoms with E-state index in [0.717, 1.165) is 49.6 Å². The second kappa shape index (κ2) is 7.95. The smallest absolute Gasteiger partial charge is 0.370 e. The van der Waals surface area contributed by atoms with Gasteiger partial charge in [0, 0.05) is 18.3 Å². The molecule has 2 heterocycles. The van der Waals surface area contributed by atoms with E-state index in [1.165, 1.54) is 4.90 Å². The number of nitrogens with one attached hydrogen (secondary N) is 1. The highest BCUT2D eigenvalue weighted by atomic mass is 19.4. The molecule has 0 amide bonds. The van der Waals surface area contributed by atoms with Crippen molar-refractivity contribution in [2.24, 2.45) is 5.92 Å². The van der Waals surface area contributed by atoms with Gasteiger partial charge in [-0.2, -0.15) is 13.2 Å². The van der Waals surface area contributed by atoms with Crippen LogP contribution in [0.25, 0.3) is 0 Å². The Bertz CT molecular complexity index is 497. The average Bonchev–Trinajstić information content (AvgIpc) is 2.47. The molecular weight excluding hydrogens is 305 g/mol. The number of piperidine rings is 1. The van der Waals surface area contributed by atoms with E-state index >= 15 is 0 Å². The summed E-state index contributed by atoms with van der Waals surface area (Å²) < 4.78 is 37.1. The van der Waals surface area contributed by atoms with Crippen LogP contribution in [0.15, 0.2) is 6.07 Å². The summed E-state index contributed by atoms with van der Waals surface area (Å²) in [4.78, 5) is 10.2. The summed E-state index contributed by atoms with van der Waals surface area (Å²) in [6.07, 6.45) is -0.585. The van der Waals surface area contributed by atoms with Gasteiger partial charge < -0.3 is 5.32 Å². The van der Waals surface area contributed by atoms with Crippen LogP contribution in [0, 0.1) is 12.8 Å². The Morgan fingerprint density at radius 1 is 1.26 bits per heavy atom. The second-order valence-corrected chi connectivity index (χ2v) is 6.20. The molecule has 23 heavy (non-hydrogen) atoms. The number of aromatic nitrogens is 2. The third kappa shape index (κ3) is 6.33. The van der Waals surface area contributed by atoms with Crippen LogP contribution in [-0.2, 0) is 6.42 Å². The molecule has 130 valence electrons. The highest BCUT2D eigenvalue weighted by Gasteiger charge is 2.32. The predicted molar refractivity (Wildman–Crippen MR) is 84.5 cm³/mol. The van der Waals surface area contributed by atoms with Gasteiger partial charge in [0.25, 0.3) is 0 Å². The molecule has 1 aliphatic rings. The zero-order chi connectivity index (χ0) is 16.9. The Hall–Kier alpha value is -1.37. The van der Waals surface area contributed by atoms with Crippen molar-refractivity contribution in [2.75, 3.05) is 31.5 Å². The molecule has 1 aliphatic heterocycles. The van der Waals surface area contributed by atoms with Gasteiger partial charge in [-0.3, -0.25) is 4.90 Å². The third-order valence-corrected chi connectivity index (χ3v) is 4.22. The first kappa shape index (κ1) is 18.0. The van der Waals surface area contributed by atoms with Crippen LogP contribution in [0.4, 0.5) is 19.0 Å². The number of hydrogen-bond donors (Lipinski definition) is 1. The van der Waals surface area contributed by atoms with Crippen LogP contribution >= 0.6 is 0 Å². The Labute approximate surface area is 135 Å². The molecule has 0 radical (unpaired) electrons. The molecule has 0 bridgehead atoms. The topological polar surface area (TPSA) is 41.0 Å². The van der Waals surface area contributed by atoms with Gasteiger partial charge in [-0.05, 0) is 51.6 Å². The summed E-state index contributed by atoms with van der Waals surface area (Å²) in [5, 5.41) is 3.31. The summed E-state index contributed by atoms with van der Waals surface area (Å²) >= 11 is 0. The molecule has 1 fully saturated rings. The van der Waals surface area contributed by atoms with Crippen molar-refractivity contribution in [3.63, 3.8) is 0 Å². The lowest BCUT2D eigenvalue weighted by Crippen LogP contribution is -2.40. The van der Waals surface area contributed by atoms with Crippen LogP contribution in [0.5, 0.6) is 0 Å². The lowest BCUT2D eigenvalue weighted by atomic mass is 9.93. The first-order valence-electron chi connectivity index (χ1n) is 8.23. The van der Waals surface area contributed by atoms with Gasteiger partial charge in [-0.1, -0.05) is 6.92 Å². The normalized spacial score (nSPS) is 17.4. The van der Waals surface area contributed by atoms with E-state index in [2.05, 4.69) is 22.2 Å². The molecule has 2 rings (SSSR count). The number of rotatable bonds is 6. The van der Waals surface area contributed by atoms with Crippen molar-refractivity contribution in [3.8, 4) is 0 Å². The van der Waals surface area contributed by atoms with E-state index in [9.17, 15) is 13.2 Å². The molecule has 0 aliphatic carbocycles. The fraction of sp³-hybridized carbons (Fsp3) is 0.750. The number of aryl methyl sites for hydroxylation is 2. The molecule has 0 unspecified atom stereocenters. The van der Waals surface area contributed by atoms with Crippen LogP contribution in [0.3, 0.4) is 0 Å². The first-order chi connectivity index (χ1) is 10.9. The number of anilines is 1. The molecule has 4 nitrogen and oxygen atoms in total. The van der Waals surface area contributed by atoms with Crippen molar-refractivity contribution in [3.05, 3.63) is 17.6 Å².